The summed E-state index contributed by atoms with van der Waals surface area (Å²) in [6.07, 6.45) is 8.66. The van der Waals surface area contributed by atoms with Crippen molar-refractivity contribution in [2.45, 2.75) is 32.3 Å². The Balaban J connectivity index is 1.91. The van der Waals surface area contributed by atoms with Crippen molar-refractivity contribution >= 4 is 11.8 Å². The molecule has 2 rings (SSSR count). The topological polar surface area (TPSA) is 38.2 Å². The largest absolute Gasteiger partial charge is 0.459 e. The number of hydrogen-bond acceptors (Lipinski definition) is 5. The van der Waals surface area contributed by atoms with E-state index in [0.29, 0.717) is 6.01 Å². The SMILES string of the molecule is C=CCC[C@H](CN1CCSCC1)Oc1ncc(CC)cn1. The average molecular weight is 307 g/mol. The zero-order valence-electron chi connectivity index (χ0n) is 12.8. The van der Waals surface area contributed by atoms with Gasteiger partial charge in [-0.25, -0.2) is 9.97 Å². The third-order valence-corrected chi connectivity index (χ3v) is 4.56. The van der Waals surface area contributed by atoms with Gasteiger partial charge in [-0.15, -0.1) is 6.58 Å². The number of nitrogens with zero attached hydrogens (tertiary/aromatic N) is 3. The first-order valence-corrected chi connectivity index (χ1v) is 8.86. The summed E-state index contributed by atoms with van der Waals surface area (Å²) in [5.74, 6) is 2.44. The number of thioether (sulfide) groups is 1. The smallest absolute Gasteiger partial charge is 0.316 e. The Hall–Kier alpha value is -1.07. The summed E-state index contributed by atoms with van der Waals surface area (Å²) < 4.78 is 6.00. The van der Waals surface area contributed by atoms with Crippen molar-refractivity contribution in [2.24, 2.45) is 0 Å². The van der Waals surface area contributed by atoms with Crippen LogP contribution < -0.4 is 4.74 Å². The lowest BCUT2D eigenvalue weighted by atomic mass is 10.2. The van der Waals surface area contributed by atoms with E-state index in [1.807, 2.05) is 30.2 Å². The molecule has 5 heteroatoms. The van der Waals surface area contributed by atoms with Crippen molar-refractivity contribution in [3.8, 4) is 6.01 Å². The highest BCUT2D eigenvalue weighted by Gasteiger charge is 2.18. The van der Waals surface area contributed by atoms with Gasteiger partial charge in [-0.1, -0.05) is 13.0 Å². The molecule has 0 bridgehead atoms. The highest BCUT2D eigenvalue weighted by atomic mass is 32.2. The van der Waals surface area contributed by atoms with Crippen LogP contribution in [0.1, 0.15) is 25.3 Å². The molecule has 0 amide bonds. The second kappa shape index (κ2) is 9.05. The van der Waals surface area contributed by atoms with Gasteiger partial charge >= 0.3 is 6.01 Å². The normalized spacial score (nSPS) is 17.4. The Morgan fingerprint density at radius 3 is 2.71 bits per heavy atom. The van der Waals surface area contributed by atoms with E-state index in [0.717, 1.165) is 44.5 Å². The maximum absolute atomic E-state index is 6.00. The van der Waals surface area contributed by atoms with Crippen LogP contribution in [0.5, 0.6) is 6.01 Å². The molecule has 0 spiro atoms. The van der Waals surface area contributed by atoms with Gasteiger partial charge in [-0.2, -0.15) is 11.8 Å². The Morgan fingerprint density at radius 1 is 1.38 bits per heavy atom. The maximum atomic E-state index is 6.00. The Morgan fingerprint density at radius 2 is 2.10 bits per heavy atom. The summed E-state index contributed by atoms with van der Waals surface area (Å²) in [6.45, 7) is 9.15. The number of rotatable bonds is 8. The Labute approximate surface area is 132 Å². The lowest BCUT2D eigenvalue weighted by molar-refractivity contribution is 0.122. The van der Waals surface area contributed by atoms with Gasteiger partial charge in [0.1, 0.15) is 6.10 Å². The summed E-state index contributed by atoms with van der Waals surface area (Å²) in [5, 5.41) is 0. The standard InChI is InChI=1S/C16H25N3OS/c1-3-5-6-15(13-19-7-9-21-10-8-19)20-16-17-11-14(4-2)12-18-16/h3,11-12,15H,1,4-10,13H2,2H3/t15-/m1/s1. The fraction of sp³-hybridized carbons (Fsp3) is 0.625. The molecule has 0 unspecified atom stereocenters. The van der Waals surface area contributed by atoms with Crippen molar-refractivity contribution in [1.82, 2.24) is 14.9 Å². The first-order valence-electron chi connectivity index (χ1n) is 7.70. The third-order valence-electron chi connectivity index (χ3n) is 3.62. The monoisotopic (exact) mass is 307 g/mol. The molecular weight excluding hydrogens is 282 g/mol. The highest BCUT2D eigenvalue weighted by molar-refractivity contribution is 7.99. The summed E-state index contributed by atoms with van der Waals surface area (Å²) in [7, 11) is 0. The fourth-order valence-corrected chi connectivity index (χ4v) is 3.28. The van der Waals surface area contributed by atoms with Gasteiger partial charge in [0.15, 0.2) is 0 Å². The molecule has 0 saturated carbocycles. The number of aromatic nitrogens is 2. The molecule has 2 heterocycles. The van der Waals surface area contributed by atoms with Crippen LogP contribution in [0, 0.1) is 0 Å². The van der Waals surface area contributed by atoms with Gasteiger partial charge in [-0.3, -0.25) is 4.90 Å². The first kappa shape index (κ1) is 16.3. The Bertz CT molecular complexity index is 418. The summed E-state index contributed by atoms with van der Waals surface area (Å²) in [5.41, 5.74) is 1.14. The first-order chi connectivity index (χ1) is 10.3. The minimum Gasteiger partial charge on any atom is -0.459 e. The third kappa shape index (κ3) is 5.67. The lowest BCUT2D eigenvalue weighted by Gasteiger charge is -2.29. The van der Waals surface area contributed by atoms with Gasteiger partial charge < -0.3 is 4.74 Å². The Kier molecular flexibility index (Phi) is 7.03. The number of ether oxygens (including phenoxy) is 1. The summed E-state index contributed by atoms with van der Waals surface area (Å²) >= 11 is 2.03. The van der Waals surface area contributed by atoms with Crippen molar-refractivity contribution in [3.63, 3.8) is 0 Å². The van der Waals surface area contributed by atoms with Gasteiger partial charge in [0.05, 0.1) is 0 Å². The summed E-state index contributed by atoms with van der Waals surface area (Å²) in [4.78, 5) is 11.1. The zero-order valence-corrected chi connectivity index (χ0v) is 13.6. The molecule has 4 nitrogen and oxygen atoms in total. The molecule has 0 aromatic carbocycles. The van der Waals surface area contributed by atoms with Gasteiger partial charge in [-0.05, 0) is 24.8 Å². The second-order valence-corrected chi connectivity index (χ2v) is 6.47. The van der Waals surface area contributed by atoms with E-state index in [1.165, 1.54) is 11.5 Å². The van der Waals surface area contributed by atoms with E-state index in [2.05, 4.69) is 28.4 Å². The van der Waals surface area contributed by atoms with Crippen LogP contribution in [0.3, 0.4) is 0 Å². The molecule has 1 saturated heterocycles. The molecule has 21 heavy (non-hydrogen) atoms. The minimum absolute atomic E-state index is 0.138. The van der Waals surface area contributed by atoms with Gasteiger partial charge in [0, 0.05) is 43.5 Å². The van der Waals surface area contributed by atoms with E-state index in [9.17, 15) is 0 Å². The number of hydrogen-bond donors (Lipinski definition) is 0. The molecular formula is C16H25N3OS. The lowest BCUT2D eigenvalue weighted by Crippen LogP contribution is -2.40. The molecule has 0 aliphatic carbocycles. The van der Waals surface area contributed by atoms with E-state index >= 15 is 0 Å². The van der Waals surface area contributed by atoms with E-state index in [1.54, 1.807) is 0 Å². The van der Waals surface area contributed by atoms with Gasteiger partial charge in [0.25, 0.3) is 0 Å². The number of allylic oxidation sites excluding steroid dienone is 1. The molecule has 0 radical (unpaired) electrons. The van der Waals surface area contributed by atoms with Crippen LogP contribution in [0.25, 0.3) is 0 Å². The predicted molar refractivity (Wildman–Crippen MR) is 89.0 cm³/mol. The highest BCUT2D eigenvalue weighted by Crippen LogP contribution is 2.14. The molecule has 1 aromatic rings. The second-order valence-electron chi connectivity index (χ2n) is 5.25. The molecule has 0 N–H and O–H groups in total. The van der Waals surface area contributed by atoms with E-state index in [4.69, 9.17) is 4.74 Å². The average Bonchev–Trinajstić information content (AvgIpc) is 2.54. The fourth-order valence-electron chi connectivity index (χ4n) is 2.30. The van der Waals surface area contributed by atoms with Crippen LogP contribution in [0.2, 0.25) is 0 Å². The number of aryl methyl sites for hydroxylation is 1. The van der Waals surface area contributed by atoms with Crippen molar-refractivity contribution in [1.29, 1.82) is 0 Å². The van der Waals surface area contributed by atoms with Crippen molar-refractivity contribution < 1.29 is 4.74 Å². The van der Waals surface area contributed by atoms with Gasteiger partial charge in [0.2, 0.25) is 0 Å². The maximum Gasteiger partial charge on any atom is 0.316 e. The van der Waals surface area contributed by atoms with Crippen LogP contribution in [0.4, 0.5) is 0 Å². The van der Waals surface area contributed by atoms with Crippen LogP contribution in [-0.2, 0) is 6.42 Å². The molecule has 1 aromatic heterocycles. The molecule has 116 valence electrons. The zero-order chi connectivity index (χ0) is 14.9. The predicted octanol–water partition coefficient (Wildman–Crippen LogP) is 2.80. The summed E-state index contributed by atoms with van der Waals surface area (Å²) in [6, 6.07) is 0.493. The minimum atomic E-state index is 0.138. The van der Waals surface area contributed by atoms with Crippen LogP contribution in [-0.4, -0.2) is 52.1 Å². The molecule has 1 aliphatic heterocycles. The van der Waals surface area contributed by atoms with Crippen LogP contribution >= 0.6 is 11.8 Å². The van der Waals surface area contributed by atoms with Crippen molar-refractivity contribution in [3.05, 3.63) is 30.6 Å². The van der Waals surface area contributed by atoms with Crippen LogP contribution in [0.15, 0.2) is 25.0 Å². The molecule has 1 aliphatic rings. The quantitative estimate of drug-likeness (QED) is 0.691. The molecule has 1 fully saturated rings. The van der Waals surface area contributed by atoms with E-state index < -0.39 is 0 Å². The van der Waals surface area contributed by atoms with E-state index in [-0.39, 0.29) is 6.10 Å². The van der Waals surface area contributed by atoms with Crippen molar-refractivity contribution in [2.75, 3.05) is 31.1 Å². The molecule has 1 atom stereocenters.